The van der Waals surface area contributed by atoms with Crippen molar-refractivity contribution in [2.45, 2.75) is 19.6 Å². The van der Waals surface area contributed by atoms with Crippen molar-refractivity contribution in [2.24, 2.45) is 0 Å². The molecule has 0 spiro atoms. The third kappa shape index (κ3) is 5.54. The number of nitrogens with one attached hydrogen (secondary N) is 1. The fourth-order valence-corrected chi connectivity index (χ4v) is 3.03. The number of amides is 1. The van der Waals surface area contributed by atoms with Crippen molar-refractivity contribution in [3.05, 3.63) is 81.0 Å². The second-order valence-electron chi connectivity index (χ2n) is 5.56. The second-order valence-corrected chi connectivity index (χ2v) is 6.93. The third-order valence-electron chi connectivity index (χ3n) is 3.52. The summed E-state index contributed by atoms with van der Waals surface area (Å²) in [6.45, 7) is 0.694. The molecular formula is C19H16ClFN2O2S. The van der Waals surface area contributed by atoms with E-state index in [9.17, 15) is 9.18 Å². The van der Waals surface area contributed by atoms with Gasteiger partial charge in [0.1, 0.15) is 23.2 Å². The van der Waals surface area contributed by atoms with Crippen LogP contribution in [0.3, 0.4) is 0 Å². The molecule has 0 radical (unpaired) electrons. The van der Waals surface area contributed by atoms with Gasteiger partial charge in [-0.25, -0.2) is 9.37 Å². The number of ether oxygens (including phenoxy) is 1. The number of hydrogen-bond donors (Lipinski definition) is 1. The maximum absolute atomic E-state index is 12.9. The van der Waals surface area contributed by atoms with Crippen molar-refractivity contribution in [1.29, 1.82) is 0 Å². The van der Waals surface area contributed by atoms with Crippen molar-refractivity contribution < 1.29 is 13.9 Å². The third-order valence-corrected chi connectivity index (χ3v) is 4.64. The number of thiazole rings is 1. The fraction of sp³-hybridized carbons (Fsp3) is 0.158. The summed E-state index contributed by atoms with van der Waals surface area (Å²) in [6, 6.07) is 13.1. The molecule has 0 unspecified atom stereocenters. The fourth-order valence-electron chi connectivity index (χ4n) is 2.20. The van der Waals surface area contributed by atoms with Crippen LogP contribution in [0.1, 0.15) is 16.3 Å². The highest BCUT2D eigenvalue weighted by atomic mass is 35.5. The van der Waals surface area contributed by atoms with E-state index in [-0.39, 0.29) is 18.1 Å². The molecule has 1 heterocycles. The van der Waals surface area contributed by atoms with Gasteiger partial charge in [0.05, 0.1) is 12.1 Å². The summed E-state index contributed by atoms with van der Waals surface area (Å²) < 4.78 is 18.5. The molecule has 1 N–H and O–H groups in total. The Kier molecular flexibility index (Phi) is 6.20. The first-order valence-electron chi connectivity index (χ1n) is 7.91. The summed E-state index contributed by atoms with van der Waals surface area (Å²) >= 11 is 7.28. The maximum atomic E-state index is 12.9. The molecule has 2 aromatic carbocycles. The number of halogens is 2. The Balaban J connectivity index is 1.45. The van der Waals surface area contributed by atoms with Crippen LogP contribution in [0.25, 0.3) is 0 Å². The van der Waals surface area contributed by atoms with E-state index in [1.54, 1.807) is 36.4 Å². The molecular weight excluding hydrogens is 375 g/mol. The summed E-state index contributed by atoms with van der Waals surface area (Å²) in [6.07, 6.45) is 0.193. The van der Waals surface area contributed by atoms with Gasteiger partial charge >= 0.3 is 0 Å². The quantitative estimate of drug-likeness (QED) is 0.651. The van der Waals surface area contributed by atoms with Crippen molar-refractivity contribution in [1.82, 2.24) is 10.3 Å². The van der Waals surface area contributed by atoms with E-state index in [0.717, 1.165) is 10.6 Å². The van der Waals surface area contributed by atoms with Gasteiger partial charge in [0.2, 0.25) is 5.91 Å². The van der Waals surface area contributed by atoms with Crippen LogP contribution in [-0.2, 0) is 24.4 Å². The number of carbonyl (C=O) groups excluding carboxylic acids is 1. The van der Waals surface area contributed by atoms with Gasteiger partial charge in [0.15, 0.2) is 0 Å². The molecule has 7 heteroatoms. The minimum absolute atomic E-state index is 0.134. The van der Waals surface area contributed by atoms with E-state index in [0.29, 0.717) is 29.6 Å². The lowest BCUT2D eigenvalue weighted by molar-refractivity contribution is -0.120. The zero-order valence-electron chi connectivity index (χ0n) is 13.7. The molecule has 0 atom stereocenters. The SMILES string of the molecule is O=C(Cc1csc(COc2ccc(Cl)cc2)n1)NCc1ccc(F)cc1. The zero-order valence-corrected chi connectivity index (χ0v) is 15.3. The van der Waals surface area contributed by atoms with Crippen molar-refractivity contribution in [2.75, 3.05) is 0 Å². The molecule has 134 valence electrons. The molecule has 0 saturated heterocycles. The number of aromatic nitrogens is 1. The first-order valence-corrected chi connectivity index (χ1v) is 9.17. The monoisotopic (exact) mass is 390 g/mol. The predicted octanol–water partition coefficient (Wildman–Crippen LogP) is 4.37. The molecule has 0 aliphatic rings. The van der Waals surface area contributed by atoms with E-state index < -0.39 is 0 Å². The molecule has 0 aliphatic carbocycles. The highest BCUT2D eigenvalue weighted by molar-refractivity contribution is 7.09. The highest BCUT2D eigenvalue weighted by Crippen LogP contribution is 2.18. The van der Waals surface area contributed by atoms with E-state index in [4.69, 9.17) is 16.3 Å². The molecule has 0 bridgehead atoms. The Morgan fingerprint density at radius 3 is 2.62 bits per heavy atom. The number of rotatable bonds is 7. The Morgan fingerprint density at radius 1 is 1.15 bits per heavy atom. The van der Waals surface area contributed by atoms with Crippen molar-refractivity contribution in [3.63, 3.8) is 0 Å². The first kappa shape index (κ1) is 18.4. The second kappa shape index (κ2) is 8.78. The zero-order chi connectivity index (χ0) is 18.4. The Morgan fingerprint density at radius 2 is 1.88 bits per heavy atom. The average Bonchev–Trinajstić information content (AvgIpc) is 3.08. The van der Waals surface area contributed by atoms with Gasteiger partial charge in [0, 0.05) is 16.9 Å². The van der Waals surface area contributed by atoms with Crippen LogP contribution in [0.15, 0.2) is 53.9 Å². The standard InChI is InChI=1S/C19H16ClFN2O2S/c20-14-3-7-17(8-4-14)25-11-19-23-16(12-26-19)9-18(24)22-10-13-1-5-15(21)6-2-13/h1-8,12H,9-11H2,(H,22,24). The lowest BCUT2D eigenvalue weighted by Gasteiger charge is -2.04. The molecule has 1 amide bonds. The van der Waals surface area contributed by atoms with Crippen LogP contribution < -0.4 is 10.1 Å². The van der Waals surface area contributed by atoms with Crippen LogP contribution in [0.2, 0.25) is 5.02 Å². The number of benzene rings is 2. The molecule has 0 saturated carbocycles. The molecule has 0 fully saturated rings. The summed E-state index contributed by atoms with van der Waals surface area (Å²) in [4.78, 5) is 16.4. The normalized spacial score (nSPS) is 10.5. The van der Waals surface area contributed by atoms with Gasteiger partial charge in [-0.15, -0.1) is 11.3 Å². The molecule has 0 aliphatic heterocycles. The van der Waals surface area contributed by atoms with E-state index in [1.165, 1.54) is 23.5 Å². The van der Waals surface area contributed by atoms with E-state index in [2.05, 4.69) is 10.3 Å². The predicted molar refractivity (Wildman–Crippen MR) is 99.8 cm³/mol. The number of hydrogen-bond acceptors (Lipinski definition) is 4. The van der Waals surface area contributed by atoms with E-state index in [1.807, 2.05) is 5.38 Å². The topological polar surface area (TPSA) is 51.2 Å². The maximum Gasteiger partial charge on any atom is 0.226 e. The summed E-state index contributed by atoms with van der Waals surface area (Å²) in [5.41, 5.74) is 1.54. The van der Waals surface area contributed by atoms with Gasteiger partial charge in [-0.3, -0.25) is 4.79 Å². The van der Waals surface area contributed by atoms with Crippen molar-refractivity contribution in [3.8, 4) is 5.75 Å². The molecule has 1 aromatic heterocycles. The molecule has 3 aromatic rings. The van der Waals surface area contributed by atoms with Gasteiger partial charge in [-0.1, -0.05) is 23.7 Å². The first-order chi connectivity index (χ1) is 12.6. The van der Waals surface area contributed by atoms with Crippen LogP contribution in [0, 0.1) is 5.82 Å². The molecule has 4 nitrogen and oxygen atoms in total. The minimum atomic E-state index is -0.295. The number of carbonyl (C=O) groups is 1. The van der Waals surface area contributed by atoms with E-state index >= 15 is 0 Å². The van der Waals surface area contributed by atoms with Crippen molar-refractivity contribution >= 4 is 28.8 Å². The van der Waals surface area contributed by atoms with Gasteiger partial charge < -0.3 is 10.1 Å². The highest BCUT2D eigenvalue weighted by Gasteiger charge is 2.08. The smallest absolute Gasteiger partial charge is 0.226 e. The Hall–Kier alpha value is -2.44. The summed E-state index contributed by atoms with van der Waals surface area (Å²) in [5.74, 6) is 0.281. The molecule has 3 rings (SSSR count). The lowest BCUT2D eigenvalue weighted by atomic mass is 10.2. The van der Waals surface area contributed by atoms with Crippen LogP contribution >= 0.6 is 22.9 Å². The van der Waals surface area contributed by atoms with Gasteiger partial charge in [-0.05, 0) is 42.0 Å². The van der Waals surface area contributed by atoms with Gasteiger partial charge in [-0.2, -0.15) is 0 Å². The number of nitrogens with zero attached hydrogens (tertiary/aromatic N) is 1. The average molecular weight is 391 g/mol. The minimum Gasteiger partial charge on any atom is -0.486 e. The van der Waals surface area contributed by atoms with Crippen LogP contribution in [0.4, 0.5) is 4.39 Å². The Labute approximate surface area is 159 Å². The lowest BCUT2D eigenvalue weighted by Crippen LogP contribution is -2.24. The largest absolute Gasteiger partial charge is 0.486 e. The summed E-state index contributed by atoms with van der Waals surface area (Å²) in [7, 11) is 0. The van der Waals surface area contributed by atoms with Crippen LogP contribution in [-0.4, -0.2) is 10.9 Å². The molecule has 26 heavy (non-hydrogen) atoms. The Bertz CT molecular complexity index is 866. The summed E-state index contributed by atoms with van der Waals surface area (Å²) in [5, 5.41) is 6.09. The van der Waals surface area contributed by atoms with Gasteiger partial charge in [0.25, 0.3) is 0 Å². The van der Waals surface area contributed by atoms with Crippen LogP contribution in [0.5, 0.6) is 5.75 Å².